The number of halogens is 3. The van der Waals surface area contributed by atoms with Crippen LogP contribution in [0.2, 0.25) is 5.02 Å². The minimum atomic E-state index is -0.932. The van der Waals surface area contributed by atoms with Crippen LogP contribution in [0.3, 0.4) is 0 Å². The fourth-order valence-corrected chi connectivity index (χ4v) is 1.67. The molecule has 5 nitrogen and oxygen atoms in total. The Morgan fingerprint density at radius 2 is 1.90 bits per heavy atom. The van der Waals surface area contributed by atoms with Crippen molar-refractivity contribution in [1.82, 2.24) is 0 Å². The second kappa shape index (κ2) is 5.30. The van der Waals surface area contributed by atoms with E-state index in [1.807, 2.05) is 0 Å². The molecule has 2 N–H and O–H groups in total. The van der Waals surface area contributed by atoms with Gasteiger partial charge in [0.2, 0.25) is 0 Å². The molecule has 8 heteroatoms. The van der Waals surface area contributed by atoms with Crippen molar-refractivity contribution in [1.29, 1.82) is 0 Å². The summed E-state index contributed by atoms with van der Waals surface area (Å²) in [5, 5.41) is 10.5. The van der Waals surface area contributed by atoms with Crippen LogP contribution >= 0.6 is 11.6 Å². The normalized spacial score (nSPS) is 10.3. The number of nitrogens with two attached hydrogens (primary N) is 1. The maximum absolute atomic E-state index is 13.4. The number of hydrogen-bond acceptors (Lipinski definition) is 4. The van der Waals surface area contributed by atoms with Crippen molar-refractivity contribution in [2.45, 2.75) is 0 Å². The molecule has 0 saturated heterocycles. The monoisotopic (exact) mass is 300 g/mol. The van der Waals surface area contributed by atoms with Gasteiger partial charge >= 0.3 is 0 Å². The lowest BCUT2D eigenvalue weighted by atomic mass is 10.2. The number of nitrogen functional groups attached to an aromatic ring is 1. The molecule has 0 aliphatic carbocycles. The first-order chi connectivity index (χ1) is 9.38. The molecule has 0 saturated carbocycles. The number of benzene rings is 2. The zero-order valence-electron chi connectivity index (χ0n) is 9.77. The lowest BCUT2D eigenvalue weighted by Crippen LogP contribution is -1.97. The van der Waals surface area contributed by atoms with Crippen LogP contribution < -0.4 is 10.5 Å². The minimum absolute atomic E-state index is 0.0692. The number of anilines is 1. The van der Waals surface area contributed by atoms with Crippen LogP contribution in [0.5, 0.6) is 11.5 Å². The van der Waals surface area contributed by atoms with Crippen LogP contribution in [0, 0.1) is 21.7 Å². The first-order valence-corrected chi connectivity index (χ1v) is 5.62. The van der Waals surface area contributed by atoms with E-state index in [-0.39, 0.29) is 27.9 Å². The molecule has 0 fully saturated rings. The molecule has 0 spiro atoms. The second-order valence-corrected chi connectivity index (χ2v) is 4.18. The minimum Gasteiger partial charge on any atom is -0.453 e. The highest BCUT2D eigenvalue weighted by molar-refractivity contribution is 6.32. The zero-order chi connectivity index (χ0) is 14.9. The van der Waals surface area contributed by atoms with Crippen molar-refractivity contribution in [3.8, 4) is 11.5 Å². The van der Waals surface area contributed by atoms with Crippen molar-refractivity contribution in [2.24, 2.45) is 0 Å². The Bertz CT molecular complexity index is 695. The van der Waals surface area contributed by atoms with Gasteiger partial charge in [0.05, 0.1) is 9.95 Å². The molecule has 104 valence electrons. The molecule has 2 aromatic carbocycles. The average Bonchev–Trinajstić information content (AvgIpc) is 2.36. The molecule has 0 bridgehead atoms. The van der Waals surface area contributed by atoms with E-state index in [1.165, 1.54) is 0 Å². The number of ether oxygens (including phenoxy) is 1. The van der Waals surface area contributed by atoms with Crippen molar-refractivity contribution in [2.75, 3.05) is 5.73 Å². The fraction of sp³-hybridized carbons (Fsp3) is 0. The molecule has 0 amide bonds. The molecule has 2 aromatic rings. The maximum Gasteiger partial charge on any atom is 0.293 e. The Morgan fingerprint density at radius 1 is 1.20 bits per heavy atom. The molecule has 0 unspecified atom stereocenters. The summed E-state index contributed by atoms with van der Waals surface area (Å²) >= 11 is 5.80. The lowest BCUT2D eigenvalue weighted by molar-refractivity contribution is -0.383. The average molecular weight is 301 g/mol. The zero-order valence-corrected chi connectivity index (χ0v) is 10.5. The number of rotatable bonds is 3. The van der Waals surface area contributed by atoms with E-state index < -0.39 is 16.6 Å². The summed E-state index contributed by atoms with van der Waals surface area (Å²) in [6.07, 6.45) is 0. The smallest absolute Gasteiger partial charge is 0.293 e. The van der Waals surface area contributed by atoms with Crippen LogP contribution in [-0.2, 0) is 0 Å². The van der Waals surface area contributed by atoms with Gasteiger partial charge in [-0.25, -0.2) is 8.78 Å². The number of nitrogens with zero attached hydrogens (tertiary/aromatic N) is 1. The number of nitro groups is 1. The molecular formula is C12H7ClF2N2O3. The predicted molar refractivity (Wildman–Crippen MR) is 69.0 cm³/mol. The summed E-state index contributed by atoms with van der Waals surface area (Å²) in [5.41, 5.74) is 4.90. The van der Waals surface area contributed by atoms with Crippen molar-refractivity contribution >= 4 is 23.0 Å². The largest absolute Gasteiger partial charge is 0.453 e. The summed E-state index contributed by atoms with van der Waals surface area (Å²) in [6.45, 7) is 0. The van der Waals surface area contributed by atoms with Gasteiger partial charge in [-0.15, -0.1) is 0 Å². The molecule has 0 atom stereocenters. The SMILES string of the molecule is Nc1cc(Oc2ccc(F)cc2F)c(Cl)cc1[N+](=O)[O-]. The molecule has 0 aliphatic heterocycles. The molecular weight excluding hydrogens is 294 g/mol. The molecule has 0 aliphatic rings. The summed E-state index contributed by atoms with van der Waals surface area (Å²) in [7, 11) is 0. The first-order valence-electron chi connectivity index (χ1n) is 5.25. The van der Waals surface area contributed by atoms with Gasteiger partial charge in [0, 0.05) is 18.2 Å². The van der Waals surface area contributed by atoms with Gasteiger partial charge in [0.15, 0.2) is 11.6 Å². The van der Waals surface area contributed by atoms with Crippen LogP contribution in [0.15, 0.2) is 30.3 Å². The number of hydrogen-bond donors (Lipinski definition) is 1. The van der Waals surface area contributed by atoms with E-state index in [0.717, 1.165) is 24.3 Å². The third-order valence-corrected chi connectivity index (χ3v) is 2.69. The highest BCUT2D eigenvalue weighted by Gasteiger charge is 2.17. The molecule has 2 rings (SSSR count). The van der Waals surface area contributed by atoms with Gasteiger partial charge in [-0.3, -0.25) is 10.1 Å². The quantitative estimate of drug-likeness (QED) is 0.529. The first kappa shape index (κ1) is 14.0. The predicted octanol–water partition coefficient (Wildman–Crippen LogP) is 3.90. The standard InChI is InChI=1S/C12H7ClF2N2O3/c13-7-4-10(17(18)19)9(16)5-12(7)20-11-2-1-6(14)3-8(11)15/h1-5H,16H2. The number of nitro benzene ring substituents is 1. The third kappa shape index (κ3) is 2.77. The van der Waals surface area contributed by atoms with Gasteiger partial charge in [-0.2, -0.15) is 0 Å². The topological polar surface area (TPSA) is 78.4 Å². The summed E-state index contributed by atoms with van der Waals surface area (Å²) in [4.78, 5) is 9.95. The van der Waals surface area contributed by atoms with Crippen LogP contribution in [0.25, 0.3) is 0 Å². The second-order valence-electron chi connectivity index (χ2n) is 3.78. The Kier molecular flexibility index (Phi) is 3.71. The van der Waals surface area contributed by atoms with Gasteiger partial charge in [0.25, 0.3) is 5.69 Å². The lowest BCUT2D eigenvalue weighted by Gasteiger charge is -2.09. The van der Waals surface area contributed by atoms with Crippen LogP contribution in [-0.4, -0.2) is 4.92 Å². The Labute approximate surface area is 116 Å². The van der Waals surface area contributed by atoms with Crippen LogP contribution in [0.4, 0.5) is 20.2 Å². The van der Waals surface area contributed by atoms with E-state index in [1.54, 1.807) is 0 Å². The molecule has 0 radical (unpaired) electrons. The van der Waals surface area contributed by atoms with Crippen molar-refractivity contribution in [3.63, 3.8) is 0 Å². The summed E-state index contributed by atoms with van der Waals surface area (Å²) in [5.74, 6) is -2.04. The summed E-state index contributed by atoms with van der Waals surface area (Å²) in [6, 6.07) is 4.80. The molecule has 0 aromatic heterocycles. The maximum atomic E-state index is 13.4. The van der Waals surface area contributed by atoms with Gasteiger partial charge in [-0.05, 0) is 12.1 Å². The Morgan fingerprint density at radius 3 is 2.50 bits per heavy atom. The van der Waals surface area contributed by atoms with Gasteiger partial charge in [0.1, 0.15) is 17.3 Å². The van der Waals surface area contributed by atoms with Crippen molar-refractivity contribution in [3.05, 3.63) is 57.1 Å². The van der Waals surface area contributed by atoms with Gasteiger partial charge in [-0.1, -0.05) is 11.6 Å². The van der Waals surface area contributed by atoms with E-state index in [9.17, 15) is 18.9 Å². The Balaban J connectivity index is 2.39. The summed E-state index contributed by atoms with van der Waals surface area (Å²) < 4.78 is 31.3. The Hall–Kier alpha value is -2.41. The van der Waals surface area contributed by atoms with Crippen molar-refractivity contribution < 1.29 is 18.4 Å². The van der Waals surface area contributed by atoms with E-state index in [4.69, 9.17) is 22.1 Å². The van der Waals surface area contributed by atoms with Crippen LogP contribution in [0.1, 0.15) is 0 Å². The molecule has 0 heterocycles. The van der Waals surface area contributed by atoms with E-state index in [0.29, 0.717) is 6.07 Å². The van der Waals surface area contributed by atoms with E-state index >= 15 is 0 Å². The highest BCUT2D eigenvalue weighted by atomic mass is 35.5. The third-order valence-electron chi connectivity index (χ3n) is 2.39. The van der Waals surface area contributed by atoms with E-state index in [2.05, 4.69) is 0 Å². The fourth-order valence-electron chi connectivity index (χ4n) is 1.47. The molecule has 20 heavy (non-hydrogen) atoms. The highest BCUT2D eigenvalue weighted by Crippen LogP contribution is 2.37. The van der Waals surface area contributed by atoms with Gasteiger partial charge < -0.3 is 10.5 Å².